The summed E-state index contributed by atoms with van der Waals surface area (Å²) in [6.45, 7) is 7.54. The van der Waals surface area contributed by atoms with Gasteiger partial charge < -0.3 is 29.5 Å². The molecule has 39 heavy (non-hydrogen) atoms. The average Bonchev–Trinajstić information content (AvgIpc) is 3.32. The van der Waals surface area contributed by atoms with Crippen molar-refractivity contribution in [2.75, 3.05) is 32.8 Å². The van der Waals surface area contributed by atoms with E-state index in [1.54, 1.807) is 28.0 Å². The fourth-order valence-corrected chi connectivity index (χ4v) is 5.50. The number of carbonyl (C=O) groups excluding carboxylic acids is 2. The molecule has 2 amide bonds. The van der Waals surface area contributed by atoms with Crippen LogP contribution in [0.1, 0.15) is 31.9 Å². The third-order valence-corrected chi connectivity index (χ3v) is 7.28. The highest BCUT2D eigenvalue weighted by molar-refractivity contribution is 6.58. The molecular formula is C28H28ClN5O5. The zero-order valence-electron chi connectivity index (χ0n) is 21.8. The zero-order valence-corrected chi connectivity index (χ0v) is 22.6. The van der Waals surface area contributed by atoms with Crippen LogP contribution in [0.4, 0.5) is 10.5 Å². The third-order valence-electron chi connectivity index (χ3n) is 7.05. The first-order valence-electron chi connectivity index (χ1n) is 12.7. The fourth-order valence-electron chi connectivity index (χ4n) is 5.33. The molecular weight excluding hydrogens is 522 g/mol. The van der Waals surface area contributed by atoms with Gasteiger partial charge in [0, 0.05) is 53.1 Å². The molecule has 11 heteroatoms. The van der Waals surface area contributed by atoms with Crippen LogP contribution >= 0.6 is 11.6 Å². The Morgan fingerprint density at radius 1 is 1.13 bits per heavy atom. The number of para-hydroxylation sites is 1. The molecule has 1 aromatic heterocycles. The molecule has 3 aromatic rings. The SMILES string of the molecule is CC(C)(C)OC(=O)N1CC2(CN(C(=O)CO/N=C3/C(c4c(O)[nH]c5ccc(Cl)cc45)=Nc4ccccc43)C2)C1. The van der Waals surface area contributed by atoms with E-state index in [9.17, 15) is 14.7 Å². The monoisotopic (exact) mass is 549 g/mol. The molecule has 2 N–H and O–H groups in total. The number of nitrogens with zero attached hydrogens (tertiary/aromatic N) is 4. The van der Waals surface area contributed by atoms with Crippen molar-refractivity contribution in [1.82, 2.24) is 14.8 Å². The summed E-state index contributed by atoms with van der Waals surface area (Å²) in [6, 6.07) is 12.7. The van der Waals surface area contributed by atoms with Gasteiger partial charge in [-0.3, -0.25) is 4.79 Å². The lowest BCUT2D eigenvalue weighted by molar-refractivity contribution is -0.161. The zero-order chi connectivity index (χ0) is 27.5. The number of benzene rings is 2. The van der Waals surface area contributed by atoms with E-state index in [4.69, 9.17) is 26.2 Å². The number of rotatable bonds is 4. The lowest BCUT2D eigenvalue weighted by Gasteiger charge is -2.59. The van der Waals surface area contributed by atoms with Crippen LogP contribution in [0, 0.1) is 5.41 Å². The minimum Gasteiger partial charge on any atom is -0.494 e. The molecule has 4 heterocycles. The summed E-state index contributed by atoms with van der Waals surface area (Å²) in [5.74, 6) is -0.249. The quantitative estimate of drug-likeness (QED) is 0.466. The van der Waals surface area contributed by atoms with Crippen LogP contribution in [0.25, 0.3) is 10.9 Å². The smallest absolute Gasteiger partial charge is 0.410 e. The second-order valence-electron chi connectivity index (χ2n) is 11.3. The molecule has 2 fully saturated rings. The molecule has 0 aliphatic carbocycles. The highest BCUT2D eigenvalue weighted by Gasteiger charge is 2.55. The molecule has 0 unspecified atom stereocenters. The lowest BCUT2D eigenvalue weighted by Crippen LogP contribution is -2.74. The number of aliphatic imine (C=N–C) groups is 1. The van der Waals surface area contributed by atoms with Crippen LogP contribution in [0.3, 0.4) is 0 Å². The van der Waals surface area contributed by atoms with Gasteiger partial charge in [0.15, 0.2) is 12.5 Å². The van der Waals surface area contributed by atoms with E-state index >= 15 is 0 Å². The van der Waals surface area contributed by atoms with Crippen LogP contribution in [0.2, 0.25) is 5.02 Å². The number of aromatic hydroxyl groups is 1. The molecule has 0 saturated carbocycles. The normalized spacial score (nSPS) is 18.6. The van der Waals surface area contributed by atoms with Crippen LogP contribution in [0.5, 0.6) is 5.88 Å². The maximum absolute atomic E-state index is 12.8. The van der Waals surface area contributed by atoms with Crippen molar-refractivity contribution < 1.29 is 24.3 Å². The summed E-state index contributed by atoms with van der Waals surface area (Å²) in [5.41, 5.74) is 2.81. The Balaban J connectivity index is 1.12. The number of nitrogens with one attached hydrogen (secondary N) is 1. The number of ether oxygens (including phenoxy) is 1. The predicted octanol–water partition coefficient (Wildman–Crippen LogP) is 4.46. The molecule has 0 bridgehead atoms. The van der Waals surface area contributed by atoms with E-state index in [0.717, 1.165) is 5.56 Å². The minimum atomic E-state index is -0.537. The van der Waals surface area contributed by atoms with Gasteiger partial charge in [-0.2, -0.15) is 0 Å². The van der Waals surface area contributed by atoms with E-state index in [1.807, 2.05) is 45.0 Å². The number of hydrogen-bond acceptors (Lipinski definition) is 7. The molecule has 202 valence electrons. The first kappa shape index (κ1) is 25.2. The van der Waals surface area contributed by atoms with Crippen LogP contribution < -0.4 is 0 Å². The number of carbonyl (C=O) groups is 2. The number of aromatic nitrogens is 1. The van der Waals surface area contributed by atoms with Crippen LogP contribution in [-0.4, -0.2) is 81.7 Å². The Labute approximate surface area is 229 Å². The van der Waals surface area contributed by atoms with E-state index in [0.29, 0.717) is 64.8 Å². The number of oxime groups is 1. The Hall–Kier alpha value is -4.05. The van der Waals surface area contributed by atoms with Gasteiger partial charge in [0.25, 0.3) is 5.91 Å². The van der Waals surface area contributed by atoms with Crippen LogP contribution in [-0.2, 0) is 14.4 Å². The summed E-state index contributed by atoms with van der Waals surface area (Å²) in [5, 5.41) is 16.2. The largest absolute Gasteiger partial charge is 0.494 e. The predicted molar refractivity (Wildman–Crippen MR) is 147 cm³/mol. The van der Waals surface area contributed by atoms with Gasteiger partial charge in [-0.25, -0.2) is 9.79 Å². The first-order valence-corrected chi connectivity index (χ1v) is 13.0. The number of hydrogen-bond donors (Lipinski definition) is 2. The van der Waals surface area contributed by atoms with Gasteiger partial charge >= 0.3 is 6.09 Å². The Kier molecular flexibility index (Phi) is 5.83. The van der Waals surface area contributed by atoms with Crippen molar-refractivity contribution in [1.29, 1.82) is 0 Å². The van der Waals surface area contributed by atoms with Crippen molar-refractivity contribution in [3.8, 4) is 5.88 Å². The number of likely N-dealkylation sites (tertiary alicyclic amines) is 2. The number of amides is 2. The first-order chi connectivity index (χ1) is 18.5. The molecule has 10 nitrogen and oxygen atoms in total. The Morgan fingerprint density at radius 2 is 1.85 bits per heavy atom. The van der Waals surface area contributed by atoms with E-state index in [2.05, 4.69) is 10.1 Å². The topological polar surface area (TPSA) is 120 Å². The lowest BCUT2D eigenvalue weighted by atomic mass is 9.73. The summed E-state index contributed by atoms with van der Waals surface area (Å²) in [6.07, 6.45) is -0.324. The minimum absolute atomic E-state index is 0.0607. The summed E-state index contributed by atoms with van der Waals surface area (Å²) in [7, 11) is 0. The van der Waals surface area contributed by atoms with Gasteiger partial charge in [-0.15, -0.1) is 0 Å². The van der Waals surface area contributed by atoms with Crippen molar-refractivity contribution >= 4 is 51.6 Å². The second kappa shape index (κ2) is 9.01. The van der Waals surface area contributed by atoms with Crippen molar-refractivity contribution in [3.05, 3.63) is 58.6 Å². The number of H-pyrrole nitrogens is 1. The molecule has 2 aromatic carbocycles. The van der Waals surface area contributed by atoms with Crippen molar-refractivity contribution in [2.45, 2.75) is 26.4 Å². The molecule has 2 saturated heterocycles. The fraction of sp³-hybridized carbons (Fsp3) is 0.357. The second-order valence-corrected chi connectivity index (χ2v) is 11.8. The summed E-state index contributed by atoms with van der Waals surface area (Å²) < 4.78 is 5.41. The van der Waals surface area contributed by atoms with Crippen molar-refractivity contribution in [2.24, 2.45) is 15.6 Å². The Morgan fingerprint density at radius 3 is 2.59 bits per heavy atom. The number of fused-ring (bicyclic) bond motifs is 2. The highest BCUT2D eigenvalue weighted by atomic mass is 35.5. The average molecular weight is 550 g/mol. The van der Waals surface area contributed by atoms with Gasteiger partial charge in [-0.05, 0) is 45.0 Å². The maximum Gasteiger partial charge on any atom is 0.410 e. The number of aromatic amines is 1. The molecule has 6 rings (SSSR count). The van der Waals surface area contributed by atoms with E-state index < -0.39 is 5.60 Å². The van der Waals surface area contributed by atoms with E-state index in [-0.39, 0.29) is 29.9 Å². The third kappa shape index (κ3) is 4.58. The van der Waals surface area contributed by atoms with Gasteiger partial charge in [0.2, 0.25) is 0 Å². The standard InChI is InChI=1S/C28H28ClN5O5/c1-27(2,3)39-26(37)34-14-28(15-34)12-33(13-28)21(35)11-38-32-23-17-6-4-5-7-19(17)30-24(23)22-18-10-16(29)8-9-20(18)31-25(22)36/h4-10,31,36H,11-15H2,1-3H3/b32-23+. The van der Waals surface area contributed by atoms with Crippen LogP contribution in [0.15, 0.2) is 52.6 Å². The van der Waals surface area contributed by atoms with Gasteiger partial charge in [0.05, 0.1) is 11.3 Å². The number of halogens is 1. The molecule has 0 radical (unpaired) electrons. The molecule has 0 atom stereocenters. The molecule has 1 spiro atoms. The Bertz CT molecular complexity index is 1560. The highest BCUT2D eigenvalue weighted by Crippen LogP contribution is 2.40. The molecule has 3 aliphatic rings. The van der Waals surface area contributed by atoms with E-state index in [1.165, 1.54) is 0 Å². The van der Waals surface area contributed by atoms with Crippen molar-refractivity contribution in [3.63, 3.8) is 0 Å². The maximum atomic E-state index is 12.8. The van der Waals surface area contributed by atoms with Gasteiger partial charge in [0.1, 0.15) is 17.0 Å². The molecule has 3 aliphatic heterocycles. The summed E-state index contributed by atoms with van der Waals surface area (Å²) >= 11 is 6.22. The van der Waals surface area contributed by atoms with Gasteiger partial charge in [-0.1, -0.05) is 35.0 Å². The summed E-state index contributed by atoms with van der Waals surface area (Å²) in [4.78, 5) is 41.6.